The van der Waals surface area contributed by atoms with E-state index in [1.165, 1.54) is 36.1 Å². The van der Waals surface area contributed by atoms with E-state index in [4.69, 9.17) is 4.52 Å². The van der Waals surface area contributed by atoms with Gasteiger partial charge in [0.2, 0.25) is 11.0 Å². The summed E-state index contributed by atoms with van der Waals surface area (Å²) in [6.45, 7) is 3.17. The second-order valence-electron chi connectivity index (χ2n) is 4.43. The molecular formula is C12H11N5O3S2. The number of aromatic nitrogens is 4. The van der Waals surface area contributed by atoms with Crippen LogP contribution in [0.4, 0.5) is 5.13 Å². The quantitative estimate of drug-likeness (QED) is 0.571. The fraction of sp³-hybridized carbons (Fsp3) is 0.250. The molecule has 0 spiro atoms. The molecule has 0 radical (unpaired) electrons. The highest BCUT2D eigenvalue weighted by molar-refractivity contribution is 8.00. The van der Waals surface area contributed by atoms with Gasteiger partial charge in [0, 0.05) is 24.8 Å². The van der Waals surface area contributed by atoms with Gasteiger partial charge in [-0.2, -0.15) is 0 Å². The van der Waals surface area contributed by atoms with Gasteiger partial charge < -0.3 is 9.84 Å². The van der Waals surface area contributed by atoms with Crippen LogP contribution in [-0.2, 0) is 10.5 Å². The Hall–Kier alpha value is -2.20. The van der Waals surface area contributed by atoms with Crippen LogP contribution >= 0.6 is 23.1 Å². The van der Waals surface area contributed by atoms with Crippen molar-refractivity contribution in [3.8, 4) is 0 Å². The molecule has 1 amide bonds. The van der Waals surface area contributed by atoms with Crippen molar-refractivity contribution in [1.82, 2.24) is 19.8 Å². The van der Waals surface area contributed by atoms with E-state index in [2.05, 4.69) is 20.5 Å². The summed E-state index contributed by atoms with van der Waals surface area (Å²) in [4.78, 5) is 27.2. The lowest BCUT2D eigenvalue weighted by Crippen LogP contribution is -2.12. The van der Waals surface area contributed by atoms with E-state index < -0.39 is 0 Å². The van der Waals surface area contributed by atoms with E-state index in [9.17, 15) is 9.59 Å². The van der Waals surface area contributed by atoms with Crippen LogP contribution < -0.4 is 10.9 Å². The van der Waals surface area contributed by atoms with Gasteiger partial charge in [0.1, 0.15) is 5.76 Å². The standard InChI is InChI=1S/C12H11N5O3S2/c1-6-3-9-14-8(4-10(19)17(9)20-6)5-21-12-16-15-11(22-12)13-7(2)18/h3-4H,5H2,1-2H3,(H,13,15,18). The summed E-state index contributed by atoms with van der Waals surface area (Å²) in [7, 11) is 0. The van der Waals surface area contributed by atoms with Crippen LogP contribution in [0.15, 0.2) is 25.8 Å². The molecule has 0 saturated carbocycles. The van der Waals surface area contributed by atoms with Crippen LogP contribution in [0.3, 0.4) is 0 Å². The smallest absolute Gasteiger partial charge is 0.287 e. The van der Waals surface area contributed by atoms with Gasteiger partial charge in [0.05, 0.1) is 5.69 Å². The summed E-state index contributed by atoms with van der Waals surface area (Å²) in [5.41, 5.74) is 0.855. The first-order valence-electron chi connectivity index (χ1n) is 6.25. The first-order chi connectivity index (χ1) is 10.5. The number of carbonyl (C=O) groups is 1. The molecule has 0 atom stereocenters. The van der Waals surface area contributed by atoms with Crippen molar-refractivity contribution >= 4 is 39.8 Å². The molecule has 3 aromatic heterocycles. The Bertz CT molecular complexity index is 898. The predicted molar refractivity (Wildman–Crippen MR) is 82.2 cm³/mol. The number of rotatable bonds is 4. The minimum atomic E-state index is -0.259. The van der Waals surface area contributed by atoms with Crippen molar-refractivity contribution in [3.63, 3.8) is 0 Å². The maximum absolute atomic E-state index is 11.9. The number of carbonyl (C=O) groups excluding carboxylic acids is 1. The molecule has 1 N–H and O–H groups in total. The van der Waals surface area contributed by atoms with Crippen molar-refractivity contribution in [1.29, 1.82) is 0 Å². The second-order valence-corrected chi connectivity index (χ2v) is 6.63. The number of thioether (sulfide) groups is 1. The van der Waals surface area contributed by atoms with Gasteiger partial charge >= 0.3 is 0 Å². The maximum Gasteiger partial charge on any atom is 0.287 e. The topological polar surface area (TPSA) is 102 Å². The molecule has 3 aromatic rings. The van der Waals surface area contributed by atoms with Gasteiger partial charge in [-0.3, -0.25) is 9.59 Å². The van der Waals surface area contributed by atoms with Gasteiger partial charge in [-0.1, -0.05) is 23.1 Å². The van der Waals surface area contributed by atoms with E-state index in [0.29, 0.717) is 32.3 Å². The van der Waals surface area contributed by atoms with Crippen LogP contribution in [0, 0.1) is 6.92 Å². The van der Waals surface area contributed by atoms with Crippen LogP contribution in [0.5, 0.6) is 0 Å². The van der Waals surface area contributed by atoms with E-state index in [1.807, 2.05) is 0 Å². The van der Waals surface area contributed by atoms with Crippen molar-refractivity contribution in [2.75, 3.05) is 5.32 Å². The summed E-state index contributed by atoms with van der Waals surface area (Å²) in [6.07, 6.45) is 0. The lowest BCUT2D eigenvalue weighted by atomic mass is 10.4. The molecule has 114 valence electrons. The number of hydrogen-bond acceptors (Lipinski definition) is 8. The van der Waals surface area contributed by atoms with E-state index in [0.717, 1.165) is 4.57 Å². The van der Waals surface area contributed by atoms with Gasteiger partial charge in [0.25, 0.3) is 5.56 Å². The molecule has 0 unspecified atom stereocenters. The van der Waals surface area contributed by atoms with Crippen molar-refractivity contribution in [3.05, 3.63) is 33.9 Å². The zero-order valence-corrected chi connectivity index (χ0v) is 13.3. The van der Waals surface area contributed by atoms with Gasteiger partial charge in [-0.15, -0.1) is 14.8 Å². The third-order valence-electron chi connectivity index (χ3n) is 2.56. The highest BCUT2D eigenvalue weighted by Gasteiger charge is 2.10. The molecule has 0 aromatic carbocycles. The zero-order valence-electron chi connectivity index (χ0n) is 11.7. The minimum Gasteiger partial charge on any atom is -0.375 e. The molecule has 0 aliphatic rings. The second kappa shape index (κ2) is 5.89. The highest BCUT2D eigenvalue weighted by atomic mass is 32.2. The van der Waals surface area contributed by atoms with Gasteiger partial charge in [0.15, 0.2) is 9.99 Å². The summed E-state index contributed by atoms with van der Waals surface area (Å²) in [5.74, 6) is 0.909. The Balaban J connectivity index is 1.74. The summed E-state index contributed by atoms with van der Waals surface area (Å²) in [5, 5.41) is 10.8. The molecule has 0 aliphatic heterocycles. The summed E-state index contributed by atoms with van der Waals surface area (Å²) >= 11 is 2.67. The van der Waals surface area contributed by atoms with Gasteiger partial charge in [-0.05, 0) is 6.92 Å². The van der Waals surface area contributed by atoms with Crippen molar-refractivity contribution in [2.24, 2.45) is 0 Å². The lowest BCUT2D eigenvalue weighted by Gasteiger charge is -1.98. The Morgan fingerprint density at radius 2 is 2.27 bits per heavy atom. The number of nitrogens with zero attached hydrogens (tertiary/aromatic N) is 4. The number of aryl methyl sites for hydroxylation is 1. The number of anilines is 1. The number of amides is 1. The number of hydrogen-bond donors (Lipinski definition) is 1. The molecular weight excluding hydrogens is 326 g/mol. The fourth-order valence-electron chi connectivity index (χ4n) is 1.75. The van der Waals surface area contributed by atoms with E-state index >= 15 is 0 Å². The predicted octanol–water partition coefficient (Wildman–Crippen LogP) is 1.70. The normalized spacial score (nSPS) is 11.0. The first-order valence-corrected chi connectivity index (χ1v) is 8.05. The molecule has 0 bridgehead atoms. The van der Waals surface area contributed by atoms with Crippen molar-refractivity contribution in [2.45, 2.75) is 23.9 Å². The largest absolute Gasteiger partial charge is 0.375 e. The highest BCUT2D eigenvalue weighted by Crippen LogP contribution is 2.27. The lowest BCUT2D eigenvalue weighted by molar-refractivity contribution is -0.114. The maximum atomic E-state index is 11.9. The van der Waals surface area contributed by atoms with Crippen LogP contribution in [0.1, 0.15) is 18.4 Å². The fourth-order valence-corrected chi connectivity index (χ4v) is 3.44. The molecule has 8 nitrogen and oxygen atoms in total. The average molecular weight is 337 g/mol. The Kier molecular flexibility index (Phi) is 3.94. The van der Waals surface area contributed by atoms with E-state index in [-0.39, 0.29) is 11.5 Å². The summed E-state index contributed by atoms with van der Waals surface area (Å²) in [6, 6.07) is 3.13. The number of nitrogens with one attached hydrogen (secondary N) is 1. The molecule has 10 heteroatoms. The Morgan fingerprint density at radius 1 is 1.45 bits per heavy atom. The zero-order chi connectivity index (χ0) is 15.7. The van der Waals surface area contributed by atoms with Crippen LogP contribution in [0.2, 0.25) is 0 Å². The van der Waals surface area contributed by atoms with Crippen LogP contribution in [-0.4, -0.2) is 25.7 Å². The summed E-state index contributed by atoms with van der Waals surface area (Å²) < 4.78 is 7.08. The monoisotopic (exact) mass is 337 g/mol. The Morgan fingerprint density at radius 3 is 3.05 bits per heavy atom. The Labute approximate surface area is 132 Å². The van der Waals surface area contributed by atoms with Crippen molar-refractivity contribution < 1.29 is 9.32 Å². The molecule has 3 heterocycles. The SMILES string of the molecule is CC(=O)Nc1nnc(SCc2cc(=O)n3oc(C)cc3n2)s1. The molecule has 0 aliphatic carbocycles. The molecule has 3 rings (SSSR count). The molecule has 22 heavy (non-hydrogen) atoms. The third-order valence-corrected chi connectivity index (χ3v) is 4.56. The molecule has 0 fully saturated rings. The van der Waals surface area contributed by atoms with E-state index in [1.54, 1.807) is 13.0 Å². The third kappa shape index (κ3) is 3.17. The molecule has 0 saturated heterocycles. The van der Waals surface area contributed by atoms with Gasteiger partial charge in [-0.25, -0.2) is 4.98 Å². The number of fused-ring (bicyclic) bond motifs is 1. The minimum absolute atomic E-state index is 0.192. The van der Waals surface area contributed by atoms with Crippen LogP contribution in [0.25, 0.3) is 5.65 Å². The first kappa shape index (κ1) is 14.7. The average Bonchev–Trinajstić information content (AvgIpc) is 3.02.